The van der Waals surface area contributed by atoms with Gasteiger partial charge in [0.15, 0.2) is 0 Å². The molecule has 1 heterocycles. The number of hydrogen-bond acceptors (Lipinski definition) is 2. The van der Waals surface area contributed by atoms with E-state index in [-0.39, 0.29) is 11.9 Å². The van der Waals surface area contributed by atoms with Crippen LogP contribution in [0.3, 0.4) is 0 Å². The van der Waals surface area contributed by atoms with Crippen molar-refractivity contribution in [3.63, 3.8) is 0 Å². The van der Waals surface area contributed by atoms with E-state index < -0.39 is 0 Å². The molecule has 0 aromatic heterocycles. The number of piperidine rings is 1. The molecule has 2 fully saturated rings. The second-order valence-corrected chi connectivity index (χ2v) is 10.1. The Morgan fingerprint density at radius 1 is 0.765 bits per heavy atom. The summed E-state index contributed by atoms with van der Waals surface area (Å²) in [6.45, 7) is 2.07. The predicted octanol–water partition coefficient (Wildman–Crippen LogP) is 7.18. The average Bonchev–Trinajstić information content (AvgIpc) is 2.91. The first-order valence-electron chi connectivity index (χ1n) is 12.6. The van der Waals surface area contributed by atoms with Crippen molar-refractivity contribution in [2.45, 2.75) is 56.5 Å². The van der Waals surface area contributed by atoms with Gasteiger partial charge in [-0.3, -0.25) is 9.69 Å². The molecule has 4 heteroatoms. The molecule has 1 aliphatic carbocycles. The van der Waals surface area contributed by atoms with Crippen LogP contribution in [-0.2, 0) is 0 Å². The Bertz CT molecular complexity index is 1060. The van der Waals surface area contributed by atoms with Crippen molar-refractivity contribution in [3.8, 4) is 0 Å². The van der Waals surface area contributed by atoms with E-state index in [0.717, 1.165) is 37.2 Å². The van der Waals surface area contributed by atoms with Crippen LogP contribution < -0.4 is 4.90 Å². The maximum atomic E-state index is 13.6. The third-order valence-electron chi connectivity index (χ3n) is 7.63. The van der Waals surface area contributed by atoms with Crippen molar-refractivity contribution in [1.29, 1.82) is 0 Å². The first kappa shape index (κ1) is 23.1. The number of nitrogens with zero attached hydrogens (tertiary/aromatic N) is 2. The zero-order valence-corrected chi connectivity index (χ0v) is 20.4. The summed E-state index contributed by atoms with van der Waals surface area (Å²) < 4.78 is 0. The third kappa shape index (κ3) is 5.06. The van der Waals surface area contributed by atoms with Crippen LogP contribution in [0.5, 0.6) is 0 Å². The van der Waals surface area contributed by atoms with Crippen molar-refractivity contribution in [2.75, 3.05) is 18.0 Å². The molecule has 34 heavy (non-hydrogen) atoms. The van der Waals surface area contributed by atoms with Gasteiger partial charge in [0.2, 0.25) is 0 Å². The third-order valence-corrected chi connectivity index (χ3v) is 7.89. The summed E-state index contributed by atoms with van der Waals surface area (Å²) in [6.07, 6.45) is 7.16. The number of carbonyl (C=O) groups is 1. The van der Waals surface area contributed by atoms with Crippen LogP contribution in [0.2, 0.25) is 5.02 Å². The lowest BCUT2D eigenvalue weighted by molar-refractivity contribution is 0.0895. The molecule has 1 saturated carbocycles. The minimum absolute atomic E-state index is 0.0706. The topological polar surface area (TPSA) is 23.6 Å². The zero-order chi connectivity index (χ0) is 23.3. The van der Waals surface area contributed by atoms with E-state index >= 15 is 0 Å². The Balaban J connectivity index is 1.34. The number of amides is 1. The highest BCUT2D eigenvalue weighted by Crippen LogP contribution is 2.38. The molecule has 3 nitrogen and oxygen atoms in total. The van der Waals surface area contributed by atoms with Crippen LogP contribution in [0.25, 0.3) is 0 Å². The number of hydrogen-bond donors (Lipinski definition) is 0. The Morgan fingerprint density at radius 3 is 2.06 bits per heavy atom. The number of halogens is 1. The summed E-state index contributed by atoms with van der Waals surface area (Å²) in [5.41, 5.74) is 3.14. The fraction of sp³-hybridized carbons (Fsp3) is 0.367. The Hall–Kier alpha value is -2.62. The number of benzene rings is 3. The van der Waals surface area contributed by atoms with E-state index in [1.165, 1.54) is 31.2 Å². The zero-order valence-electron chi connectivity index (χ0n) is 19.7. The summed E-state index contributed by atoms with van der Waals surface area (Å²) in [4.78, 5) is 18.4. The summed E-state index contributed by atoms with van der Waals surface area (Å²) in [5.74, 6) is 0.686. The van der Waals surface area contributed by atoms with E-state index in [9.17, 15) is 4.79 Å². The molecule has 5 rings (SSSR count). The molecule has 1 aliphatic heterocycles. The van der Waals surface area contributed by atoms with Gasteiger partial charge in [-0.05, 0) is 73.6 Å². The summed E-state index contributed by atoms with van der Waals surface area (Å²) >= 11 is 6.16. The maximum absolute atomic E-state index is 13.6. The molecular formula is C30H33ClN2O. The highest BCUT2D eigenvalue weighted by Gasteiger charge is 2.36. The van der Waals surface area contributed by atoms with Gasteiger partial charge in [0.05, 0.1) is 0 Å². The molecule has 1 amide bonds. The molecule has 0 bridgehead atoms. The summed E-state index contributed by atoms with van der Waals surface area (Å²) in [6, 6.07) is 29.2. The molecule has 2 unspecified atom stereocenters. The van der Waals surface area contributed by atoms with Gasteiger partial charge in [0.25, 0.3) is 5.91 Å². The quantitative estimate of drug-likeness (QED) is 0.392. The van der Waals surface area contributed by atoms with Crippen LogP contribution in [0, 0.1) is 0 Å². The molecule has 0 N–H and O–H groups in total. The maximum Gasteiger partial charge on any atom is 0.258 e. The van der Waals surface area contributed by atoms with E-state index in [1.807, 2.05) is 59.5 Å². The van der Waals surface area contributed by atoms with Gasteiger partial charge in [-0.1, -0.05) is 73.0 Å². The molecule has 0 radical (unpaired) electrons. The Morgan fingerprint density at radius 2 is 1.38 bits per heavy atom. The Labute approximate surface area is 208 Å². The van der Waals surface area contributed by atoms with Crippen molar-refractivity contribution >= 4 is 23.2 Å². The first-order valence-corrected chi connectivity index (χ1v) is 13.0. The fourth-order valence-electron chi connectivity index (χ4n) is 5.93. The number of carbonyl (C=O) groups excluding carboxylic acids is 1. The standard InChI is InChI=1S/C30H33ClN2O/c31-25-15-17-26(18-16-25)33(30(34)24-11-5-2-6-12-24)27-19-21-32(22-20-27)29-14-8-7-13-28(29)23-9-3-1-4-10-23/h1-6,9-12,15-18,27-29H,7-8,13-14,19-22H2. The smallest absolute Gasteiger partial charge is 0.258 e. The van der Waals surface area contributed by atoms with E-state index in [4.69, 9.17) is 11.6 Å². The molecule has 2 aliphatic rings. The van der Waals surface area contributed by atoms with E-state index in [2.05, 4.69) is 35.2 Å². The monoisotopic (exact) mass is 472 g/mol. The summed E-state index contributed by atoms with van der Waals surface area (Å²) in [5, 5.41) is 0.690. The number of anilines is 1. The van der Waals surface area contributed by atoms with Crippen LogP contribution in [0.1, 0.15) is 60.4 Å². The highest BCUT2D eigenvalue weighted by atomic mass is 35.5. The molecule has 176 valence electrons. The van der Waals surface area contributed by atoms with Gasteiger partial charge in [-0.25, -0.2) is 0 Å². The molecule has 0 spiro atoms. The van der Waals surface area contributed by atoms with Crippen LogP contribution in [0.15, 0.2) is 84.9 Å². The lowest BCUT2D eigenvalue weighted by Gasteiger charge is -2.45. The van der Waals surface area contributed by atoms with Gasteiger partial charge in [0, 0.05) is 41.4 Å². The lowest BCUT2D eigenvalue weighted by atomic mass is 9.78. The van der Waals surface area contributed by atoms with E-state index in [1.54, 1.807) is 0 Å². The van der Waals surface area contributed by atoms with E-state index in [0.29, 0.717) is 17.0 Å². The van der Waals surface area contributed by atoms with Crippen LogP contribution in [0.4, 0.5) is 5.69 Å². The minimum Gasteiger partial charge on any atom is -0.305 e. The molecular weight excluding hydrogens is 440 g/mol. The van der Waals surface area contributed by atoms with Crippen molar-refractivity contribution in [2.24, 2.45) is 0 Å². The van der Waals surface area contributed by atoms with Crippen LogP contribution >= 0.6 is 11.6 Å². The minimum atomic E-state index is 0.0706. The second kappa shape index (κ2) is 10.8. The summed E-state index contributed by atoms with van der Waals surface area (Å²) in [7, 11) is 0. The van der Waals surface area contributed by atoms with Gasteiger partial charge in [0.1, 0.15) is 0 Å². The van der Waals surface area contributed by atoms with Gasteiger partial charge in [-0.15, -0.1) is 0 Å². The van der Waals surface area contributed by atoms with Gasteiger partial charge >= 0.3 is 0 Å². The molecule has 3 aromatic rings. The van der Waals surface area contributed by atoms with Crippen LogP contribution in [-0.4, -0.2) is 36.0 Å². The van der Waals surface area contributed by atoms with Crippen molar-refractivity contribution in [1.82, 2.24) is 4.90 Å². The molecule has 1 saturated heterocycles. The second-order valence-electron chi connectivity index (χ2n) is 9.65. The SMILES string of the molecule is O=C(c1ccccc1)N(c1ccc(Cl)cc1)C1CCN(C2CCCCC2c2ccccc2)CC1. The molecule has 2 atom stereocenters. The average molecular weight is 473 g/mol. The highest BCUT2D eigenvalue weighted by molar-refractivity contribution is 6.30. The van der Waals surface area contributed by atoms with Crippen molar-refractivity contribution in [3.05, 3.63) is 101 Å². The fourth-order valence-corrected chi connectivity index (χ4v) is 6.05. The Kier molecular flexibility index (Phi) is 7.32. The lowest BCUT2D eigenvalue weighted by Crippen LogP contribution is -2.51. The normalized spacial score (nSPS) is 21.8. The predicted molar refractivity (Wildman–Crippen MR) is 141 cm³/mol. The van der Waals surface area contributed by atoms with Gasteiger partial charge < -0.3 is 4.90 Å². The van der Waals surface area contributed by atoms with Crippen molar-refractivity contribution < 1.29 is 4.79 Å². The molecule has 3 aromatic carbocycles. The number of likely N-dealkylation sites (tertiary alicyclic amines) is 1. The van der Waals surface area contributed by atoms with Gasteiger partial charge in [-0.2, -0.15) is 0 Å². The first-order chi connectivity index (χ1) is 16.7. The largest absolute Gasteiger partial charge is 0.305 e. The number of rotatable bonds is 5.